The maximum atomic E-state index is 15.2. The summed E-state index contributed by atoms with van der Waals surface area (Å²) in [6.45, 7) is 3.28. The van der Waals surface area contributed by atoms with Gasteiger partial charge in [-0.25, -0.2) is 13.6 Å². The highest BCUT2D eigenvalue weighted by Crippen LogP contribution is 2.33. The molecule has 3 heterocycles. The van der Waals surface area contributed by atoms with Crippen molar-refractivity contribution in [3.05, 3.63) is 59.7 Å². The zero-order valence-electron chi connectivity index (χ0n) is 19.7. The van der Waals surface area contributed by atoms with Crippen LogP contribution in [-0.4, -0.2) is 80.4 Å². The number of carbonyl (C=O) groups excluding carboxylic acids is 3. The predicted octanol–water partition coefficient (Wildman–Crippen LogP) is 2.16. The van der Waals surface area contributed by atoms with Crippen molar-refractivity contribution < 1.29 is 32.6 Å². The van der Waals surface area contributed by atoms with E-state index in [1.807, 2.05) is 4.90 Å². The number of nitrogens with one attached hydrogen (secondary N) is 1. The molecule has 0 bridgehead atoms. The van der Waals surface area contributed by atoms with E-state index >= 15 is 4.39 Å². The minimum Gasteiger partial charge on any atom is -0.442 e. The Kier molecular flexibility index (Phi) is 6.48. The summed E-state index contributed by atoms with van der Waals surface area (Å²) in [5.41, 5.74) is 1.08. The highest BCUT2D eigenvalue weighted by atomic mass is 19.1. The standard InChI is InChI=1S/C25H26F2N4O5/c1-15(32)28-11-19-12-31(25(34)36-19)18-6-7-21(20(27)10-18)29-13-22-23(14-29)35-9-8-30(22)24(33)16-2-4-17(26)5-3-16/h2-7,10,19,22-23H,8-9,11-14H2,1H3,(H,28,32). The van der Waals surface area contributed by atoms with Gasteiger partial charge in [0.1, 0.15) is 17.7 Å². The highest BCUT2D eigenvalue weighted by molar-refractivity contribution is 5.94. The first-order valence-electron chi connectivity index (χ1n) is 11.8. The van der Waals surface area contributed by atoms with Crippen LogP contribution in [0.1, 0.15) is 17.3 Å². The summed E-state index contributed by atoms with van der Waals surface area (Å²) in [5.74, 6) is -1.37. The number of benzene rings is 2. The first kappa shape index (κ1) is 24.0. The van der Waals surface area contributed by atoms with E-state index < -0.39 is 23.8 Å². The van der Waals surface area contributed by atoms with Crippen LogP contribution in [0.4, 0.5) is 25.0 Å². The van der Waals surface area contributed by atoms with Crippen LogP contribution < -0.4 is 15.1 Å². The second-order valence-corrected chi connectivity index (χ2v) is 9.08. The molecule has 36 heavy (non-hydrogen) atoms. The SMILES string of the molecule is CC(=O)NCC1CN(c2ccc(N3CC4OCCN(C(=O)c5ccc(F)cc5)C4C3)c(F)c2)C(=O)O1. The van der Waals surface area contributed by atoms with E-state index in [9.17, 15) is 18.8 Å². The van der Waals surface area contributed by atoms with Crippen molar-refractivity contribution in [3.63, 3.8) is 0 Å². The monoisotopic (exact) mass is 500 g/mol. The maximum Gasteiger partial charge on any atom is 0.414 e. The highest BCUT2D eigenvalue weighted by Gasteiger charge is 2.43. The van der Waals surface area contributed by atoms with Crippen LogP contribution in [-0.2, 0) is 14.3 Å². The van der Waals surface area contributed by atoms with Gasteiger partial charge in [-0.15, -0.1) is 0 Å². The van der Waals surface area contributed by atoms with Gasteiger partial charge in [0.2, 0.25) is 5.91 Å². The number of halogens is 2. The predicted molar refractivity (Wildman–Crippen MR) is 126 cm³/mol. The Morgan fingerprint density at radius 3 is 2.58 bits per heavy atom. The van der Waals surface area contributed by atoms with Gasteiger partial charge in [-0.1, -0.05) is 0 Å². The molecule has 0 radical (unpaired) electrons. The van der Waals surface area contributed by atoms with Crippen molar-refractivity contribution in [1.29, 1.82) is 0 Å². The number of morpholine rings is 1. The van der Waals surface area contributed by atoms with Gasteiger partial charge in [-0.3, -0.25) is 14.5 Å². The van der Waals surface area contributed by atoms with Crippen molar-refractivity contribution in [2.45, 2.75) is 25.2 Å². The summed E-state index contributed by atoms with van der Waals surface area (Å²) in [4.78, 5) is 41.3. The van der Waals surface area contributed by atoms with E-state index in [1.54, 1.807) is 17.0 Å². The van der Waals surface area contributed by atoms with Gasteiger partial charge < -0.3 is 24.6 Å². The molecule has 0 spiro atoms. The number of cyclic esters (lactones) is 1. The third kappa shape index (κ3) is 4.70. The molecule has 1 N–H and O–H groups in total. The number of amides is 3. The fourth-order valence-corrected chi connectivity index (χ4v) is 4.91. The van der Waals surface area contributed by atoms with Gasteiger partial charge >= 0.3 is 6.09 Å². The zero-order valence-corrected chi connectivity index (χ0v) is 19.7. The second kappa shape index (κ2) is 9.73. The minimum absolute atomic E-state index is 0.182. The molecule has 190 valence electrons. The van der Waals surface area contributed by atoms with Crippen molar-refractivity contribution in [2.75, 3.05) is 49.1 Å². The van der Waals surface area contributed by atoms with E-state index in [1.165, 1.54) is 42.2 Å². The first-order chi connectivity index (χ1) is 17.3. The number of rotatable bonds is 5. The maximum absolute atomic E-state index is 15.2. The number of fused-ring (bicyclic) bond motifs is 1. The fraction of sp³-hybridized carbons (Fsp3) is 0.400. The molecule has 3 atom stereocenters. The normalized spacial score (nSPS) is 23.5. The summed E-state index contributed by atoms with van der Waals surface area (Å²) in [6.07, 6.45) is -1.41. The van der Waals surface area contributed by atoms with Crippen LogP contribution >= 0.6 is 0 Å². The number of hydrogen-bond donors (Lipinski definition) is 1. The molecular weight excluding hydrogens is 474 g/mol. The molecule has 5 rings (SSSR count). The Hall–Kier alpha value is -3.73. The first-order valence-corrected chi connectivity index (χ1v) is 11.8. The van der Waals surface area contributed by atoms with Crippen molar-refractivity contribution in [3.8, 4) is 0 Å². The lowest BCUT2D eigenvalue weighted by molar-refractivity contribution is -0.119. The summed E-state index contributed by atoms with van der Waals surface area (Å²) in [6, 6.07) is 9.66. The minimum atomic E-state index is -0.604. The molecule has 3 saturated heterocycles. The molecular formula is C25H26F2N4O5. The molecule has 11 heteroatoms. The average molecular weight is 501 g/mol. The van der Waals surface area contributed by atoms with E-state index in [4.69, 9.17) is 9.47 Å². The number of carbonyl (C=O) groups is 3. The van der Waals surface area contributed by atoms with Crippen molar-refractivity contribution >= 4 is 29.3 Å². The van der Waals surface area contributed by atoms with E-state index in [0.29, 0.717) is 43.2 Å². The summed E-state index contributed by atoms with van der Waals surface area (Å²) in [7, 11) is 0. The summed E-state index contributed by atoms with van der Waals surface area (Å²) >= 11 is 0. The van der Waals surface area contributed by atoms with E-state index in [0.717, 1.165) is 0 Å². The molecule has 3 fully saturated rings. The Morgan fingerprint density at radius 2 is 1.86 bits per heavy atom. The van der Waals surface area contributed by atoms with Gasteiger partial charge in [0, 0.05) is 32.1 Å². The van der Waals surface area contributed by atoms with Crippen LogP contribution in [0.25, 0.3) is 0 Å². The van der Waals surface area contributed by atoms with Crippen molar-refractivity contribution in [1.82, 2.24) is 10.2 Å². The number of anilines is 2. The Labute approximate surface area is 206 Å². The molecule has 0 aliphatic carbocycles. The zero-order chi connectivity index (χ0) is 25.4. The molecule has 3 unspecified atom stereocenters. The Morgan fingerprint density at radius 1 is 1.08 bits per heavy atom. The third-order valence-corrected chi connectivity index (χ3v) is 6.69. The molecule has 2 aromatic rings. The quantitative estimate of drug-likeness (QED) is 0.677. The van der Waals surface area contributed by atoms with Gasteiger partial charge in [0.05, 0.1) is 43.2 Å². The Balaban J connectivity index is 1.28. The fourth-order valence-electron chi connectivity index (χ4n) is 4.91. The van der Waals surface area contributed by atoms with Gasteiger partial charge in [-0.2, -0.15) is 0 Å². The summed E-state index contributed by atoms with van der Waals surface area (Å²) in [5, 5.41) is 2.61. The van der Waals surface area contributed by atoms with E-state index in [2.05, 4.69) is 5.32 Å². The van der Waals surface area contributed by atoms with Gasteiger partial charge in [0.15, 0.2) is 0 Å². The second-order valence-electron chi connectivity index (χ2n) is 9.08. The lowest BCUT2D eigenvalue weighted by Crippen LogP contribution is -2.53. The smallest absolute Gasteiger partial charge is 0.414 e. The van der Waals surface area contributed by atoms with E-state index in [-0.39, 0.29) is 37.0 Å². The molecule has 0 saturated carbocycles. The van der Waals surface area contributed by atoms with Crippen LogP contribution in [0, 0.1) is 11.6 Å². The molecule has 3 amide bonds. The largest absolute Gasteiger partial charge is 0.442 e. The van der Waals surface area contributed by atoms with Gasteiger partial charge in [0.25, 0.3) is 5.91 Å². The van der Waals surface area contributed by atoms with Gasteiger partial charge in [-0.05, 0) is 42.5 Å². The average Bonchev–Trinajstić information content (AvgIpc) is 3.45. The molecule has 3 aliphatic heterocycles. The summed E-state index contributed by atoms with van der Waals surface area (Å²) < 4.78 is 39.7. The molecule has 2 aromatic carbocycles. The van der Waals surface area contributed by atoms with Crippen LogP contribution in [0.15, 0.2) is 42.5 Å². The van der Waals surface area contributed by atoms with Crippen molar-refractivity contribution in [2.24, 2.45) is 0 Å². The molecule has 3 aliphatic rings. The lowest BCUT2D eigenvalue weighted by Gasteiger charge is -2.36. The number of hydrogen-bond acceptors (Lipinski definition) is 6. The van der Waals surface area contributed by atoms with Crippen LogP contribution in [0.5, 0.6) is 0 Å². The molecule has 0 aromatic heterocycles. The number of ether oxygens (including phenoxy) is 2. The topological polar surface area (TPSA) is 91.4 Å². The molecule has 9 nitrogen and oxygen atoms in total. The third-order valence-electron chi connectivity index (χ3n) is 6.69. The number of nitrogens with zero attached hydrogens (tertiary/aromatic N) is 3. The lowest BCUT2D eigenvalue weighted by atomic mass is 10.1. The van der Waals surface area contributed by atoms with Crippen LogP contribution in [0.2, 0.25) is 0 Å². The van der Waals surface area contributed by atoms with Crippen LogP contribution in [0.3, 0.4) is 0 Å². The Bertz CT molecular complexity index is 1180.